The van der Waals surface area contributed by atoms with Crippen LogP contribution in [0.15, 0.2) is 12.2 Å². The molecule has 2 atom stereocenters. The Balaban J connectivity index is 3.31. The van der Waals surface area contributed by atoms with E-state index in [1.807, 2.05) is 0 Å². The number of ether oxygens (including phenoxy) is 1. The standard InChI is InChI=1S/C63H123NO5/c1-3-5-7-9-11-13-14-15-16-17-28-31-34-37-41-45-49-53-57-63(68)69-58-54-50-46-42-38-35-32-29-26-24-22-20-18-19-21-23-25-27-30-33-36-40-44-48-52-56-62(67)64-60(59-65)61(66)55-51-47-43-39-12-10-8-6-4-2/h16-17,60-61,65-66H,3-15,18-59H2,1-2H3,(H,64,67)/b17-16-. The number of unbranched alkanes of at least 4 members (excludes halogenated alkanes) is 46. The number of allylic oxidation sites excluding steroid dienone is 2. The van der Waals surface area contributed by atoms with Crippen LogP contribution in [0.1, 0.15) is 354 Å². The van der Waals surface area contributed by atoms with Gasteiger partial charge in [0.2, 0.25) is 5.91 Å². The van der Waals surface area contributed by atoms with Crippen LogP contribution in [0.4, 0.5) is 0 Å². The van der Waals surface area contributed by atoms with Crippen molar-refractivity contribution in [1.29, 1.82) is 0 Å². The van der Waals surface area contributed by atoms with Gasteiger partial charge in [0.15, 0.2) is 0 Å². The van der Waals surface area contributed by atoms with E-state index in [2.05, 4.69) is 31.3 Å². The van der Waals surface area contributed by atoms with E-state index in [4.69, 9.17) is 4.74 Å². The molecule has 6 nitrogen and oxygen atoms in total. The highest BCUT2D eigenvalue weighted by Gasteiger charge is 2.20. The number of aliphatic hydroxyl groups is 2. The highest BCUT2D eigenvalue weighted by atomic mass is 16.5. The third-order valence-corrected chi connectivity index (χ3v) is 14.8. The van der Waals surface area contributed by atoms with E-state index < -0.39 is 12.1 Å². The van der Waals surface area contributed by atoms with Gasteiger partial charge >= 0.3 is 5.97 Å². The van der Waals surface area contributed by atoms with Crippen molar-refractivity contribution in [3.8, 4) is 0 Å². The molecule has 2 unspecified atom stereocenters. The second-order valence-electron chi connectivity index (χ2n) is 21.7. The van der Waals surface area contributed by atoms with Gasteiger partial charge in [0.25, 0.3) is 0 Å². The molecule has 0 rings (SSSR count). The lowest BCUT2D eigenvalue weighted by Crippen LogP contribution is -2.45. The van der Waals surface area contributed by atoms with Crippen LogP contribution in [0.2, 0.25) is 0 Å². The molecular weight excluding hydrogens is 851 g/mol. The number of rotatable bonds is 59. The number of nitrogens with one attached hydrogen (secondary N) is 1. The zero-order chi connectivity index (χ0) is 50.0. The molecule has 0 heterocycles. The van der Waals surface area contributed by atoms with Crippen LogP contribution in [0.3, 0.4) is 0 Å². The molecule has 0 aliphatic carbocycles. The van der Waals surface area contributed by atoms with Crippen molar-refractivity contribution in [2.24, 2.45) is 0 Å². The third-order valence-electron chi connectivity index (χ3n) is 14.8. The SMILES string of the molecule is CCCCCCCCC/C=C\CCCCCCCCCC(=O)OCCCCCCCCCCCCCCCCCCCCCCCCCCCC(=O)NC(CO)C(O)CCCCCCCCCCC. The lowest BCUT2D eigenvalue weighted by atomic mass is 10.0. The number of hydrogen-bond acceptors (Lipinski definition) is 5. The molecule has 0 aromatic rings. The second-order valence-corrected chi connectivity index (χ2v) is 21.7. The summed E-state index contributed by atoms with van der Waals surface area (Å²) in [6.07, 6.45) is 71.0. The molecule has 1 amide bonds. The zero-order valence-electron chi connectivity index (χ0n) is 46.8. The van der Waals surface area contributed by atoms with Gasteiger partial charge in [0.1, 0.15) is 0 Å². The van der Waals surface area contributed by atoms with Crippen LogP contribution < -0.4 is 5.32 Å². The largest absolute Gasteiger partial charge is 0.466 e. The minimum atomic E-state index is -0.660. The van der Waals surface area contributed by atoms with Crippen molar-refractivity contribution in [2.75, 3.05) is 13.2 Å². The van der Waals surface area contributed by atoms with Crippen molar-refractivity contribution in [2.45, 2.75) is 366 Å². The summed E-state index contributed by atoms with van der Waals surface area (Å²) >= 11 is 0. The Bertz CT molecular complexity index is 1030. The van der Waals surface area contributed by atoms with Gasteiger partial charge in [-0.3, -0.25) is 9.59 Å². The lowest BCUT2D eigenvalue weighted by molar-refractivity contribution is -0.143. The maximum atomic E-state index is 12.4. The number of amides is 1. The van der Waals surface area contributed by atoms with Gasteiger partial charge < -0.3 is 20.3 Å². The summed E-state index contributed by atoms with van der Waals surface area (Å²) < 4.78 is 5.50. The Morgan fingerprint density at radius 3 is 1.03 bits per heavy atom. The predicted molar refractivity (Wildman–Crippen MR) is 301 cm³/mol. The summed E-state index contributed by atoms with van der Waals surface area (Å²) in [5.41, 5.74) is 0. The van der Waals surface area contributed by atoms with E-state index in [1.54, 1.807) is 0 Å². The number of carbonyl (C=O) groups excluding carboxylic acids is 2. The van der Waals surface area contributed by atoms with Gasteiger partial charge in [0, 0.05) is 12.8 Å². The molecule has 410 valence electrons. The first kappa shape index (κ1) is 67.6. The Hall–Kier alpha value is -1.40. The molecule has 0 aromatic carbocycles. The molecule has 0 saturated heterocycles. The molecule has 0 radical (unpaired) electrons. The van der Waals surface area contributed by atoms with E-state index in [0.717, 1.165) is 44.9 Å². The Morgan fingerprint density at radius 1 is 0.391 bits per heavy atom. The molecule has 0 aliphatic rings. The van der Waals surface area contributed by atoms with Crippen LogP contribution in [-0.4, -0.2) is 47.4 Å². The molecule has 0 spiro atoms. The second kappa shape index (κ2) is 59.2. The molecule has 0 aliphatic heterocycles. The number of carbonyl (C=O) groups is 2. The van der Waals surface area contributed by atoms with Crippen LogP contribution >= 0.6 is 0 Å². The van der Waals surface area contributed by atoms with Gasteiger partial charge in [-0.25, -0.2) is 0 Å². The first-order valence-corrected chi connectivity index (χ1v) is 31.4. The minimum absolute atomic E-state index is 0.0140. The van der Waals surface area contributed by atoms with Gasteiger partial charge in [-0.15, -0.1) is 0 Å². The van der Waals surface area contributed by atoms with Gasteiger partial charge in [-0.1, -0.05) is 302 Å². The van der Waals surface area contributed by atoms with Crippen molar-refractivity contribution in [3.63, 3.8) is 0 Å². The van der Waals surface area contributed by atoms with E-state index in [1.165, 1.54) is 276 Å². The number of hydrogen-bond donors (Lipinski definition) is 3. The van der Waals surface area contributed by atoms with E-state index in [-0.39, 0.29) is 18.5 Å². The third kappa shape index (κ3) is 55.8. The van der Waals surface area contributed by atoms with Gasteiger partial charge in [-0.2, -0.15) is 0 Å². The van der Waals surface area contributed by atoms with Crippen LogP contribution in [0.5, 0.6) is 0 Å². The van der Waals surface area contributed by atoms with E-state index in [0.29, 0.717) is 25.9 Å². The molecular formula is C63H123NO5. The van der Waals surface area contributed by atoms with E-state index in [9.17, 15) is 19.8 Å². The molecule has 3 N–H and O–H groups in total. The summed E-state index contributed by atoms with van der Waals surface area (Å²) in [6.45, 7) is 4.95. The van der Waals surface area contributed by atoms with E-state index >= 15 is 0 Å². The Morgan fingerprint density at radius 2 is 0.681 bits per heavy atom. The summed E-state index contributed by atoms with van der Waals surface area (Å²) in [4.78, 5) is 24.5. The van der Waals surface area contributed by atoms with Crippen LogP contribution in [0, 0.1) is 0 Å². The molecule has 69 heavy (non-hydrogen) atoms. The summed E-state index contributed by atoms with van der Waals surface area (Å²) in [6, 6.07) is -0.537. The van der Waals surface area contributed by atoms with Crippen LogP contribution in [0.25, 0.3) is 0 Å². The monoisotopic (exact) mass is 974 g/mol. The van der Waals surface area contributed by atoms with Crippen molar-refractivity contribution >= 4 is 11.9 Å². The fourth-order valence-electron chi connectivity index (χ4n) is 9.99. The summed E-state index contributed by atoms with van der Waals surface area (Å²) in [7, 11) is 0. The normalized spacial score (nSPS) is 12.6. The number of aliphatic hydroxyl groups excluding tert-OH is 2. The minimum Gasteiger partial charge on any atom is -0.466 e. The quantitative estimate of drug-likeness (QED) is 0.0321. The fourth-order valence-corrected chi connectivity index (χ4v) is 9.99. The van der Waals surface area contributed by atoms with Crippen molar-refractivity contribution < 1.29 is 24.5 Å². The highest BCUT2D eigenvalue weighted by molar-refractivity contribution is 5.76. The predicted octanol–water partition coefficient (Wildman–Crippen LogP) is 19.6. The average molecular weight is 975 g/mol. The Labute approximate surface area is 431 Å². The van der Waals surface area contributed by atoms with Crippen molar-refractivity contribution in [1.82, 2.24) is 5.32 Å². The smallest absolute Gasteiger partial charge is 0.305 e. The average Bonchev–Trinajstić information content (AvgIpc) is 3.35. The molecule has 0 bridgehead atoms. The maximum Gasteiger partial charge on any atom is 0.305 e. The van der Waals surface area contributed by atoms with Gasteiger partial charge in [-0.05, 0) is 51.4 Å². The van der Waals surface area contributed by atoms with Crippen LogP contribution in [-0.2, 0) is 14.3 Å². The van der Waals surface area contributed by atoms with Crippen molar-refractivity contribution in [3.05, 3.63) is 12.2 Å². The molecule has 0 aromatic heterocycles. The summed E-state index contributed by atoms with van der Waals surface area (Å²) in [5.74, 6) is -0.0202. The van der Waals surface area contributed by atoms with Gasteiger partial charge in [0.05, 0.1) is 25.4 Å². The molecule has 0 saturated carbocycles. The topological polar surface area (TPSA) is 95.9 Å². The summed E-state index contributed by atoms with van der Waals surface area (Å²) in [5, 5.41) is 23.1. The Kier molecular flexibility index (Phi) is 58.0. The fraction of sp³-hybridized carbons (Fsp3) is 0.937. The first-order valence-electron chi connectivity index (χ1n) is 31.4. The first-order chi connectivity index (χ1) is 34.0. The molecule has 0 fully saturated rings. The maximum absolute atomic E-state index is 12.4. The molecule has 6 heteroatoms. The highest BCUT2D eigenvalue weighted by Crippen LogP contribution is 2.18. The zero-order valence-corrected chi connectivity index (χ0v) is 46.8. The number of esters is 1. The lowest BCUT2D eigenvalue weighted by Gasteiger charge is -2.22.